The first-order chi connectivity index (χ1) is 11.8. The maximum atomic E-state index is 12.5. The summed E-state index contributed by atoms with van der Waals surface area (Å²) >= 11 is 0. The van der Waals surface area contributed by atoms with Crippen LogP contribution >= 0.6 is 0 Å². The molecule has 1 fully saturated rings. The quantitative estimate of drug-likeness (QED) is 0.869. The van der Waals surface area contributed by atoms with Gasteiger partial charge in [0, 0.05) is 37.5 Å². The lowest BCUT2D eigenvalue weighted by Gasteiger charge is -2.34. The number of fused-ring (bicyclic) bond motifs is 1. The third-order valence-corrected chi connectivity index (χ3v) is 5.42. The van der Waals surface area contributed by atoms with Gasteiger partial charge in [0.25, 0.3) is 5.56 Å². The molecule has 1 aliphatic rings. The number of rotatable bonds is 3. The Labute approximate surface area is 146 Å². The minimum atomic E-state index is -0.461. The van der Waals surface area contributed by atoms with E-state index in [1.807, 2.05) is 20.8 Å². The number of aliphatic hydroxyl groups is 1. The van der Waals surface area contributed by atoms with Crippen LogP contribution < -0.4 is 5.56 Å². The molecule has 1 amide bonds. The summed E-state index contributed by atoms with van der Waals surface area (Å²) in [6, 6.07) is 0. The molecule has 0 radical (unpaired) electrons. The molecule has 1 aliphatic heterocycles. The van der Waals surface area contributed by atoms with E-state index in [9.17, 15) is 14.7 Å². The van der Waals surface area contributed by atoms with Gasteiger partial charge >= 0.3 is 0 Å². The molecule has 0 spiro atoms. The molecule has 2 atom stereocenters. The molecule has 2 aromatic rings. The van der Waals surface area contributed by atoms with Crippen LogP contribution in [0, 0.1) is 19.8 Å². The molecule has 0 saturated carbocycles. The van der Waals surface area contributed by atoms with E-state index < -0.39 is 6.10 Å². The van der Waals surface area contributed by atoms with Crippen LogP contribution in [0.1, 0.15) is 36.6 Å². The number of H-pyrrole nitrogens is 1. The summed E-state index contributed by atoms with van der Waals surface area (Å²) in [5.41, 5.74) is 2.95. The van der Waals surface area contributed by atoms with Crippen molar-refractivity contribution in [3.8, 4) is 0 Å². The highest BCUT2D eigenvalue weighted by atomic mass is 16.3. The SMILES string of the molecule is Cc1nn(C)c2[nH]c(=O)c(CCC(=O)N3CCC(C)C(O)C3)c(C)c12. The number of hydrogen-bond donors (Lipinski definition) is 2. The molecule has 0 aliphatic carbocycles. The number of nitrogens with one attached hydrogen (secondary N) is 1. The zero-order chi connectivity index (χ0) is 18.3. The molecule has 3 rings (SSSR count). The van der Waals surface area contributed by atoms with Crippen molar-refractivity contribution in [3.05, 3.63) is 27.2 Å². The van der Waals surface area contributed by atoms with Gasteiger partial charge in [-0.25, -0.2) is 0 Å². The maximum Gasteiger partial charge on any atom is 0.253 e. The normalized spacial score (nSPS) is 21.1. The average molecular weight is 346 g/mol. The summed E-state index contributed by atoms with van der Waals surface area (Å²) < 4.78 is 1.67. The van der Waals surface area contributed by atoms with Crippen LogP contribution in [0.15, 0.2) is 4.79 Å². The molecular formula is C18H26N4O3. The van der Waals surface area contributed by atoms with E-state index in [0.717, 1.165) is 23.1 Å². The zero-order valence-electron chi connectivity index (χ0n) is 15.3. The Morgan fingerprint density at radius 1 is 1.40 bits per heavy atom. The third-order valence-electron chi connectivity index (χ3n) is 5.42. The highest BCUT2D eigenvalue weighted by Gasteiger charge is 2.27. The van der Waals surface area contributed by atoms with Gasteiger partial charge in [0.2, 0.25) is 5.91 Å². The Kier molecular flexibility index (Phi) is 4.69. The monoisotopic (exact) mass is 346 g/mol. The van der Waals surface area contributed by atoms with E-state index in [4.69, 9.17) is 0 Å². The molecule has 7 nitrogen and oxygen atoms in total. The number of carbonyl (C=O) groups is 1. The minimum Gasteiger partial charge on any atom is -0.391 e. The number of piperidine rings is 1. The van der Waals surface area contributed by atoms with E-state index in [0.29, 0.717) is 30.7 Å². The van der Waals surface area contributed by atoms with E-state index in [2.05, 4.69) is 10.1 Å². The largest absolute Gasteiger partial charge is 0.391 e. The Balaban J connectivity index is 1.78. The lowest BCUT2D eigenvalue weighted by atomic mass is 9.95. The standard InChI is InChI=1S/C18H26N4O3/c1-10-7-8-22(9-14(10)23)15(24)6-5-13-11(2)16-12(3)20-21(4)17(16)19-18(13)25/h10,14,23H,5-9H2,1-4H3,(H,19,25). The van der Waals surface area contributed by atoms with Gasteiger partial charge in [-0.2, -0.15) is 5.10 Å². The van der Waals surface area contributed by atoms with Gasteiger partial charge in [-0.1, -0.05) is 6.92 Å². The van der Waals surface area contributed by atoms with Gasteiger partial charge in [-0.05, 0) is 38.2 Å². The fraction of sp³-hybridized carbons (Fsp3) is 0.611. The zero-order valence-corrected chi connectivity index (χ0v) is 15.3. The summed E-state index contributed by atoms with van der Waals surface area (Å²) in [7, 11) is 1.80. The smallest absolute Gasteiger partial charge is 0.253 e. The van der Waals surface area contributed by atoms with Crippen LogP contribution in [0.3, 0.4) is 0 Å². The van der Waals surface area contributed by atoms with Crippen LogP contribution in [0.2, 0.25) is 0 Å². The summed E-state index contributed by atoms with van der Waals surface area (Å²) in [5.74, 6) is 0.220. The third kappa shape index (κ3) is 3.20. The number of aliphatic hydroxyl groups excluding tert-OH is 1. The van der Waals surface area contributed by atoms with Crippen molar-refractivity contribution in [2.24, 2.45) is 13.0 Å². The highest BCUT2D eigenvalue weighted by molar-refractivity contribution is 5.83. The molecule has 3 heterocycles. The second-order valence-corrected chi connectivity index (χ2v) is 7.16. The number of hydrogen-bond acceptors (Lipinski definition) is 4. The molecule has 2 N–H and O–H groups in total. The number of nitrogens with zero attached hydrogens (tertiary/aromatic N) is 3. The van der Waals surface area contributed by atoms with E-state index in [-0.39, 0.29) is 23.8 Å². The summed E-state index contributed by atoms with van der Waals surface area (Å²) in [5, 5.41) is 15.3. The van der Waals surface area contributed by atoms with Gasteiger partial charge in [0.1, 0.15) is 5.65 Å². The Hall–Kier alpha value is -2.15. The van der Waals surface area contributed by atoms with Crippen molar-refractivity contribution in [1.29, 1.82) is 0 Å². The van der Waals surface area contributed by atoms with Crippen LogP contribution in [0.4, 0.5) is 0 Å². The maximum absolute atomic E-state index is 12.5. The number of aryl methyl sites for hydroxylation is 3. The average Bonchev–Trinajstić information content (AvgIpc) is 2.83. The number of β-amino-alcohol motifs (C(OH)–C–C–N with tert-alkyl or cyclic N) is 1. The summed E-state index contributed by atoms with van der Waals surface area (Å²) in [6.45, 7) is 6.89. The molecular weight excluding hydrogens is 320 g/mol. The van der Waals surface area contributed by atoms with Crippen molar-refractivity contribution in [2.45, 2.75) is 46.1 Å². The van der Waals surface area contributed by atoms with Crippen molar-refractivity contribution < 1.29 is 9.90 Å². The van der Waals surface area contributed by atoms with Gasteiger partial charge in [-0.3, -0.25) is 14.3 Å². The Morgan fingerprint density at radius 2 is 2.12 bits per heavy atom. The second kappa shape index (κ2) is 6.63. The number of amides is 1. The van der Waals surface area contributed by atoms with Gasteiger partial charge in [-0.15, -0.1) is 0 Å². The molecule has 2 aromatic heterocycles. The second-order valence-electron chi connectivity index (χ2n) is 7.16. The predicted octanol–water partition coefficient (Wildman–Crippen LogP) is 1.04. The topological polar surface area (TPSA) is 91.2 Å². The Morgan fingerprint density at radius 3 is 2.80 bits per heavy atom. The van der Waals surface area contributed by atoms with Crippen LogP contribution in [0.25, 0.3) is 11.0 Å². The number of pyridine rings is 1. The lowest BCUT2D eigenvalue weighted by molar-refractivity contribution is -0.135. The fourth-order valence-corrected chi connectivity index (χ4v) is 3.72. The van der Waals surface area contributed by atoms with Gasteiger partial charge in [0.15, 0.2) is 0 Å². The van der Waals surface area contributed by atoms with Crippen molar-refractivity contribution >= 4 is 16.9 Å². The minimum absolute atomic E-state index is 0.00671. The van der Waals surface area contributed by atoms with Crippen LogP contribution in [0.5, 0.6) is 0 Å². The number of aromatic nitrogens is 3. The Bertz CT molecular complexity index is 867. The number of aromatic amines is 1. The molecule has 25 heavy (non-hydrogen) atoms. The fourth-order valence-electron chi connectivity index (χ4n) is 3.72. The summed E-state index contributed by atoms with van der Waals surface area (Å²) in [6.07, 6.45) is 1.02. The lowest BCUT2D eigenvalue weighted by Crippen LogP contribution is -2.45. The van der Waals surface area contributed by atoms with Gasteiger partial charge in [0.05, 0.1) is 11.8 Å². The van der Waals surface area contributed by atoms with Crippen LogP contribution in [-0.2, 0) is 18.3 Å². The number of likely N-dealkylation sites (tertiary alicyclic amines) is 1. The first-order valence-corrected chi connectivity index (χ1v) is 8.80. The van der Waals surface area contributed by atoms with Crippen LogP contribution in [-0.4, -0.2) is 49.9 Å². The predicted molar refractivity (Wildman–Crippen MR) is 95.5 cm³/mol. The van der Waals surface area contributed by atoms with Crippen molar-refractivity contribution in [3.63, 3.8) is 0 Å². The number of carbonyl (C=O) groups excluding carboxylic acids is 1. The molecule has 0 aromatic carbocycles. The molecule has 136 valence electrons. The van der Waals surface area contributed by atoms with Crippen molar-refractivity contribution in [1.82, 2.24) is 19.7 Å². The van der Waals surface area contributed by atoms with E-state index >= 15 is 0 Å². The molecule has 2 unspecified atom stereocenters. The molecule has 7 heteroatoms. The van der Waals surface area contributed by atoms with E-state index in [1.165, 1.54) is 0 Å². The van der Waals surface area contributed by atoms with Crippen molar-refractivity contribution in [2.75, 3.05) is 13.1 Å². The first-order valence-electron chi connectivity index (χ1n) is 8.80. The van der Waals surface area contributed by atoms with Gasteiger partial charge < -0.3 is 15.0 Å². The first kappa shape index (κ1) is 17.7. The molecule has 0 bridgehead atoms. The summed E-state index contributed by atoms with van der Waals surface area (Å²) in [4.78, 5) is 29.5. The van der Waals surface area contributed by atoms with E-state index in [1.54, 1.807) is 16.6 Å². The molecule has 1 saturated heterocycles. The highest BCUT2D eigenvalue weighted by Crippen LogP contribution is 2.22.